The van der Waals surface area contributed by atoms with Crippen LogP contribution in [-0.2, 0) is 9.59 Å². The molecule has 1 aliphatic carbocycles. The van der Waals surface area contributed by atoms with Gasteiger partial charge >= 0.3 is 0 Å². The minimum absolute atomic E-state index is 0.0208. The third kappa shape index (κ3) is 5.72. The SMILES string of the molecule is NC(=O)C(NC1CCC(c2c[nH]c3ccccc23)CC1)C1CCN(C(=O)/C=C/c2ccc3c(c2)OCCO3)CC1. The molecule has 1 unspecified atom stereocenters. The minimum atomic E-state index is -0.361. The van der Waals surface area contributed by atoms with E-state index in [1.807, 2.05) is 29.2 Å². The monoisotopic (exact) mass is 542 g/mol. The van der Waals surface area contributed by atoms with Crippen molar-refractivity contribution in [3.05, 3.63) is 65.9 Å². The Balaban J connectivity index is 0.996. The van der Waals surface area contributed by atoms with Gasteiger partial charge in [0, 0.05) is 42.3 Å². The minimum Gasteiger partial charge on any atom is -0.486 e. The summed E-state index contributed by atoms with van der Waals surface area (Å²) in [6.45, 7) is 2.32. The number of amides is 2. The number of nitrogens with one attached hydrogen (secondary N) is 2. The molecule has 0 radical (unpaired) electrons. The first-order valence-electron chi connectivity index (χ1n) is 14.5. The summed E-state index contributed by atoms with van der Waals surface area (Å²) in [6.07, 6.45) is 11.3. The van der Waals surface area contributed by atoms with Crippen LogP contribution in [0.4, 0.5) is 0 Å². The van der Waals surface area contributed by atoms with Crippen LogP contribution in [0, 0.1) is 5.92 Å². The third-order valence-corrected chi connectivity index (χ3v) is 8.82. The summed E-state index contributed by atoms with van der Waals surface area (Å²) >= 11 is 0. The molecule has 2 amide bonds. The predicted octanol–water partition coefficient (Wildman–Crippen LogP) is 4.36. The summed E-state index contributed by atoms with van der Waals surface area (Å²) < 4.78 is 11.2. The van der Waals surface area contributed by atoms with Gasteiger partial charge in [-0.25, -0.2) is 0 Å². The number of nitrogens with two attached hydrogens (primary N) is 1. The number of piperidine rings is 1. The fraction of sp³-hybridized carbons (Fsp3) is 0.438. The molecule has 4 N–H and O–H groups in total. The molecule has 3 heterocycles. The normalized spacial score (nSPS) is 22.4. The molecule has 8 heteroatoms. The number of carbonyl (C=O) groups is 2. The van der Waals surface area contributed by atoms with E-state index >= 15 is 0 Å². The third-order valence-electron chi connectivity index (χ3n) is 8.82. The summed E-state index contributed by atoms with van der Waals surface area (Å²) in [4.78, 5) is 30.6. The van der Waals surface area contributed by atoms with Crippen molar-refractivity contribution in [2.45, 2.75) is 56.5 Å². The zero-order chi connectivity index (χ0) is 27.5. The van der Waals surface area contributed by atoms with Gasteiger partial charge in [0.1, 0.15) is 13.2 Å². The number of ether oxygens (including phenoxy) is 2. The molecule has 2 aromatic carbocycles. The molecule has 1 atom stereocenters. The zero-order valence-electron chi connectivity index (χ0n) is 22.8. The number of aromatic nitrogens is 1. The van der Waals surface area contributed by atoms with E-state index in [0.717, 1.165) is 49.8 Å². The number of para-hydroxylation sites is 1. The van der Waals surface area contributed by atoms with Gasteiger partial charge in [-0.2, -0.15) is 0 Å². The van der Waals surface area contributed by atoms with E-state index in [0.29, 0.717) is 38.0 Å². The number of fused-ring (bicyclic) bond motifs is 2. The number of primary amides is 1. The summed E-state index contributed by atoms with van der Waals surface area (Å²) in [6, 6.07) is 14.1. The molecule has 0 spiro atoms. The average molecular weight is 543 g/mol. The maximum Gasteiger partial charge on any atom is 0.246 e. The highest BCUT2D eigenvalue weighted by Crippen LogP contribution is 2.37. The Bertz CT molecular complexity index is 1380. The van der Waals surface area contributed by atoms with Crippen LogP contribution in [0.3, 0.4) is 0 Å². The molecule has 3 aliphatic rings. The van der Waals surface area contributed by atoms with Crippen LogP contribution in [0.25, 0.3) is 17.0 Å². The van der Waals surface area contributed by atoms with Crippen LogP contribution in [0.2, 0.25) is 0 Å². The molecule has 2 fully saturated rings. The lowest BCUT2D eigenvalue weighted by molar-refractivity contribution is -0.128. The van der Waals surface area contributed by atoms with E-state index < -0.39 is 0 Å². The van der Waals surface area contributed by atoms with E-state index in [2.05, 4.69) is 40.8 Å². The second kappa shape index (κ2) is 11.8. The number of rotatable bonds is 7. The van der Waals surface area contributed by atoms with Crippen LogP contribution >= 0.6 is 0 Å². The van der Waals surface area contributed by atoms with Gasteiger partial charge in [-0.3, -0.25) is 9.59 Å². The van der Waals surface area contributed by atoms with Gasteiger partial charge in [0.25, 0.3) is 0 Å². The van der Waals surface area contributed by atoms with E-state index in [1.54, 1.807) is 6.08 Å². The summed E-state index contributed by atoms with van der Waals surface area (Å²) in [5.41, 5.74) is 9.38. The number of aromatic amines is 1. The van der Waals surface area contributed by atoms with Gasteiger partial charge in [0.2, 0.25) is 11.8 Å². The first-order valence-corrected chi connectivity index (χ1v) is 14.5. The lowest BCUT2D eigenvalue weighted by Crippen LogP contribution is -2.54. The van der Waals surface area contributed by atoms with E-state index in [-0.39, 0.29) is 29.8 Å². The fourth-order valence-electron chi connectivity index (χ4n) is 6.60. The van der Waals surface area contributed by atoms with Crippen LogP contribution in [0.5, 0.6) is 11.5 Å². The second-order valence-electron chi connectivity index (χ2n) is 11.3. The largest absolute Gasteiger partial charge is 0.486 e. The summed E-state index contributed by atoms with van der Waals surface area (Å²) in [5.74, 6) is 1.80. The van der Waals surface area contributed by atoms with Crippen LogP contribution in [0.1, 0.15) is 55.6 Å². The Morgan fingerprint density at radius 2 is 1.73 bits per heavy atom. The summed E-state index contributed by atoms with van der Waals surface area (Å²) in [7, 11) is 0. The standard InChI is InChI=1S/C32H38N4O4/c33-32(38)31(35-24-9-7-22(8-10-24)26-20-34-27-4-2-1-3-25(26)27)23-13-15-36(16-14-23)30(37)12-6-21-5-11-28-29(19-21)40-18-17-39-28/h1-6,11-12,19-20,22-24,31,34-35H,7-10,13-18H2,(H2,33,38)/b12-6+. The lowest BCUT2D eigenvalue weighted by Gasteiger charge is -2.38. The maximum atomic E-state index is 12.9. The van der Waals surface area contributed by atoms with Gasteiger partial charge in [0.15, 0.2) is 11.5 Å². The van der Waals surface area contributed by atoms with E-state index in [1.165, 1.54) is 16.5 Å². The van der Waals surface area contributed by atoms with Gasteiger partial charge in [-0.1, -0.05) is 24.3 Å². The first-order chi connectivity index (χ1) is 19.5. The Kier molecular flexibility index (Phi) is 7.77. The molecule has 1 saturated carbocycles. The van der Waals surface area contributed by atoms with Crippen molar-refractivity contribution in [3.8, 4) is 11.5 Å². The van der Waals surface area contributed by atoms with Gasteiger partial charge in [-0.15, -0.1) is 0 Å². The molecular weight excluding hydrogens is 504 g/mol. The molecule has 1 saturated heterocycles. The quantitative estimate of drug-likeness (QED) is 0.385. The number of nitrogens with zero attached hydrogens (tertiary/aromatic N) is 1. The fourth-order valence-corrected chi connectivity index (χ4v) is 6.60. The van der Waals surface area contributed by atoms with Crippen molar-refractivity contribution < 1.29 is 19.1 Å². The molecule has 1 aromatic heterocycles. The number of benzene rings is 2. The Labute approximate surface area is 234 Å². The van der Waals surface area contributed by atoms with Gasteiger partial charge in [0.05, 0.1) is 6.04 Å². The molecule has 8 nitrogen and oxygen atoms in total. The molecule has 0 bridgehead atoms. The summed E-state index contributed by atoms with van der Waals surface area (Å²) in [5, 5.41) is 4.94. The van der Waals surface area contributed by atoms with Crippen molar-refractivity contribution in [2.75, 3.05) is 26.3 Å². The lowest BCUT2D eigenvalue weighted by atomic mass is 9.80. The highest BCUT2D eigenvalue weighted by molar-refractivity contribution is 5.92. The number of H-pyrrole nitrogens is 1. The van der Waals surface area contributed by atoms with E-state index in [9.17, 15) is 9.59 Å². The zero-order valence-corrected chi connectivity index (χ0v) is 22.8. The van der Waals surface area contributed by atoms with Crippen LogP contribution < -0.4 is 20.5 Å². The maximum absolute atomic E-state index is 12.9. The first kappa shape index (κ1) is 26.4. The number of hydrogen-bond donors (Lipinski definition) is 3. The number of likely N-dealkylation sites (tertiary alicyclic amines) is 1. The number of hydrogen-bond acceptors (Lipinski definition) is 5. The van der Waals surface area contributed by atoms with Crippen LogP contribution in [0.15, 0.2) is 54.7 Å². The van der Waals surface area contributed by atoms with Crippen molar-refractivity contribution in [1.29, 1.82) is 0 Å². The van der Waals surface area contributed by atoms with Crippen molar-refractivity contribution in [1.82, 2.24) is 15.2 Å². The van der Waals surface area contributed by atoms with Crippen molar-refractivity contribution in [2.24, 2.45) is 11.7 Å². The Morgan fingerprint density at radius 1 is 0.975 bits per heavy atom. The smallest absolute Gasteiger partial charge is 0.246 e. The molecule has 6 rings (SSSR count). The van der Waals surface area contributed by atoms with Crippen molar-refractivity contribution in [3.63, 3.8) is 0 Å². The molecule has 3 aromatic rings. The van der Waals surface area contributed by atoms with Gasteiger partial charge in [-0.05, 0) is 85.8 Å². The Morgan fingerprint density at radius 3 is 2.50 bits per heavy atom. The molecule has 40 heavy (non-hydrogen) atoms. The highest BCUT2D eigenvalue weighted by Gasteiger charge is 2.34. The highest BCUT2D eigenvalue weighted by atomic mass is 16.6. The molecular formula is C32H38N4O4. The molecule has 210 valence electrons. The van der Waals surface area contributed by atoms with Crippen molar-refractivity contribution >= 4 is 28.8 Å². The number of carbonyl (C=O) groups excluding carboxylic acids is 2. The topological polar surface area (TPSA) is 110 Å². The van der Waals surface area contributed by atoms with Crippen LogP contribution in [-0.4, -0.2) is 60.1 Å². The average Bonchev–Trinajstić information content (AvgIpc) is 3.43. The van der Waals surface area contributed by atoms with Gasteiger partial charge < -0.3 is 30.4 Å². The van der Waals surface area contributed by atoms with E-state index in [4.69, 9.17) is 15.2 Å². The second-order valence-corrected chi connectivity index (χ2v) is 11.3. The Hall–Kier alpha value is -3.78. The molecule has 2 aliphatic heterocycles. The predicted molar refractivity (Wildman–Crippen MR) is 155 cm³/mol.